The zero-order chi connectivity index (χ0) is 17.3. The Morgan fingerprint density at radius 3 is 2.39 bits per heavy atom. The molecule has 0 bridgehead atoms. The summed E-state index contributed by atoms with van der Waals surface area (Å²) in [6, 6.07) is 5.88. The molecular formula is C15H25N3O4S. The molecule has 130 valence electrons. The molecule has 0 unspecified atom stereocenters. The number of carbonyl (C=O) groups is 1. The fourth-order valence-corrected chi connectivity index (χ4v) is 2.81. The predicted molar refractivity (Wildman–Crippen MR) is 89.0 cm³/mol. The van der Waals surface area contributed by atoms with Crippen LogP contribution >= 0.6 is 0 Å². The summed E-state index contributed by atoms with van der Waals surface area (Å²) in [6.45, 7) is 2.03. The number of carbonyl (C=O) groups excluding carboxylic acids is 1. The van der Waals surface area contributed by atoms with E-state index in [1.54, 1.807) is 7.11 Å². The third kappa shape index (κ3) is 7.08. The molecular weight excluding hydrogens is 318 g/mol. The molecule has 0 fully saturated rings. The number of hydrogen-bond acceptors (Lipinski definition) is 5. The zero-order valence-corrected chi connectivity index (χ0v) is 14.6. The lowest BCUT2D eigenvalue weighted by molar-refractivity contribution is 0.0948. The van der Waals surface area contributed by atoms with Gasteiger partial charge in [-0.2, -0.15) is 0 Å². The molecule has 0 saturated carbocycles. The van der Waals surface area contributed by atoms with E-state index in [0.717, 1.165) is 6.42 Å². The quantitative estimate of drug-likeness (QED) is 0.596. The molecule has 8 heteroatoms. The third-order valence-electron chi connectivity index (χ3n) is 3.09. The first-order valence-electron chi connectivity index (χ1n) is 7.38. The molecule has 23 heavy (non-hydrogen) atoms. The second-order valence-electron chi connectivity index (χ2n) is 5.33. The van der Waals surface area contributed by atoms with Gasteiger partial charge in [0.15, 0.2) is 0 Å². The highest BCUT2D eigenvalue weighted by Crippen LogP contribution is 2.10. The average Bonchev–Trinajstić information content (AvgIpc) is 2.51. The van der Waals surface area contributed by atoms with Crippen LogP contribution in [0, 0.1) is 0 Å². The lowest BCUT2D eigenvalue weighted by Crippen LogP contribution is -2.31. The second-order valence-corrected chi connectivity index (χ2v) is 7.09. The number of rotatable bonds is 10. The molecule has 0 aliphatic heterocycles. The van der Waals surface area contributed by atoms with Crippen LogP contribution < -0.4 is 10.0 Å². The van der Waals surface area contributed by atoms with Gasteiger partial charge in [-0.15, -0.1) is 0 Å². The topological polar surface area (TPSA) is 87.7 Å². The van der Waals surface area contributed by atoms with Crippen LogP contribution in [-0.4, -0.2) is 66.7 Å². The van der Waals surface area contributed by atoms with E-state index >= 15 is 0 Å². The number of ether oxygens (including phenoxy) is 1. The lowest BCUT2D eigenvalue weighted by Gasteiger charge is -2.11. The van der Waals surface area contributed by atoms with E-state index in [1.165, 1.54) is 24.3 Å². The Morgan fingerprint density at radius 2 is 1.83 bits per heavy atom. The molecule has 1 rings (SSSR count). The maximum absolute atomic E-state index is 12.1. The summed E-state index contributed by atoms with van der Waals surface area (Å²) >= 11 is 0. The van der Waals surface area contributed by atoms with Crippen LogP contribution in [-0.2, 0) is 14.8 Å². The number of likely N-dealkylation sites (N-methyl/N-ethyl adjacent to an activating group) is 1. The Balaban J connectivity index is 2.59. The van der Waals surface area contributed by atoms with E-state index in [4.69, 9.17) is 4.74 Å². The maximum Gasteiger partial charge on any atom is 0.251 e. The summed E-state index contributed by atoms with van der Waals surface area (Å²) in [5.74, 6) is -0.231. The number of nitrogens with one attached hydrogen (secondary N) is 2. The molecule has 0 saturated heterocycles. The molecule has 7 nitrogen and oxygen atoms in total. The average molecular weight is 343 g/mol. The maximum atomic E-state index is 12.1. The predicted octanol–water partition coefficient (Wildman–Crippen LogP) is 0.293. The summed E-state index contributed by atoms with van der Waals surface area (Å²) < 4.78 is 31.6. The van der Waals surface area contributed by atoms with Crippen LogP contribution in [0.15, 0.2) is 29.2 Å². The SMILES string of the molecule is COCCCNC(=O)c1ccc(S(=O)(=O)NCCN(C)C)cc1. The van der Waals surface area contributed by atoms with Crippen molar-refractivity contribution in [2.24, 2.45) is 0 Å². The van der Waals surface area contributed by atoms with Crippen LogP contribution in [0.25, 0.3) is 0 Å². The van der Waals surface area contributed by atoms with Crippen LogP contribution in [0.2, 0.25) is 0 Å². The monoisotopic (exact) mass is 343 g/mol. The molecule has 1 aromatic carbocycles. The fourth-order valence-electron chi connectivity index (χ4n) is 1.79. The number of hydrogen-bond donors (Lipinski definition) is 2. The molecule has 0 atom stereocenters. The van der Waals surface area contributed by atoms with Crippen molar-refractivity contribution >= 4 is 15.9 Å². The Bertz CT molecular complexity index is 585. The van der Waals surface area contributed by atoms with Crippen molar-refractivity contribution in [3.63, 3.8) is 0 Å². The van der Waals surface area contributed by atoms with E-state index in [0.29, 0.717) is 31.8 Å². The molecule has 1 amide bonds. The van der Waals surface area contributed by atoms with E-state index in [-0.39, 0.29) is 10.8 Å². The van der Waals surface area contributed by atoms with Gasteiger partial charge < -0.3 is 15.0 Å². The molecule has 1 aromatic rings. The normalized spacial score (nSPS) is 11.7. The highest BCUT2D eigenvalue weighted by molar-refractivity contribution is 7.89. The van der Waals surface area contributed by atoms with Crippen molar-refractivity contribution in [3.8, 4) is 0 Å². The molecule has 0 aliphatic carbocycles. The van der Waals surface area contributed by atoms with Gasteiger partial charge in [0.05, 0.1) is 4.90 Å². The molecule has 0 heterocycles. The molecule has 0 aromatic heterocycles. The van der Waals surface area contributed by atoms with E-state index < -0.39 is 10.0 Å². The van der Waals surface area contributed by atoms with Crippen molar-refractivity contribution in [1.82, 2.24) is 14.9 Å². The van der Waals surface area contributed by atoms with Crippen molar-refractivity contribution in [2.45, 2.75) is 11.3 Å². The van der Waals surface area contributed by atoms with Gasteiger partial charge in [-0.25, -0.2) is 13.1 Å². The van der Waals surface area contributed by atoms with Crippen molar-refractivity contribution < 1.29 is 17.9 Å². The van der Waals surface area contributed by atoms with Gasteiger partial charge in [0.1, 0.15) is 0 Å². The Kier molecular flexibility index (Phi) is 8.18. The van der Waals surface area contributed by atoms with Gasteiger partial charge in [0, 0.05) is 38.9 Å². The number of sulfonamides is 1. The second kappa shape index (κ2) is 9.61. The largest absolute Gasteiger partial charge is 0.385 e. The Morgan fingerprint density at radius 1 is 1.17 bits per heavy atom. The van der Waals surface area contributed by atoms with Crippen LogP contribution in [0.1, 0.15) is 16.8 Å². The van der Waals surface area contributed by atoms with Gasteiger partial charge in [0.2, 0.25) is 10.0 Å². The Hall–Kier alpha value is -1.48. The lowest BCUT2D eigenvalue weighted by atomic mass is 10.2. The van der Waals surface area contributed by atoms with Crippen LogP contribution in [0.4, 0.5) is 0 Å². The summed E-state index contributed by atoms with van der Waals surface area (Å²) in [5.41, 5.74) is 0.426. The van der Waals surface area contributed by atoms with Crippen molar-refractivity contribution in [3.05, 3.63) is 29.8 Å². The highest BCUT2D eigenvalue weighted by Gasteiger charge is 2.14. The minimum Gasteiger partial charge on any atom is -0.385 e. The van der Waals surface area contributed by atoms with Gasteiger partial charge in [0.25, 0.3) is 5.91 Å². The first kappa shape index (κ1) is 19.6. The summed E-state index contributed by atoms with van der Waals surface area (Å²) in [5, 5.41) is 2.75. The van der Waals surface area contributed by atoms with E-state index in [9.17, 15) is 13.2 Å². The Labute approximate surface area is 138 Å². The summed E-state index contributed by atoms with van der Waals surface area (Å²) in [6.07, 6.45) is 0.727. The van der Waals surface area contributed by atoms with Crippen LogP contribution in [0.3, 0.4) is 0 Å². The highest BCUT2D eigenvalue weighted by atomic mass is 32.2. The number of amides is 1. The van der Waals surface area contributed by atoms with Crippen LogP contribution in [0.5, 0.6) is 0 Å². The minimum atomic E-state index is -3.55. The van der Waals surface area contributed by atoms with E-state index in [2.05, 4.69) is 10.0 Å². The fraction of sp³-hybridized carbons (Fsp3) is 0.533. The van der Waals surface area contributed by atoms with E-state index in [1.807, 2.05) is 19.0 Å². The zero-order valence-electron chi connectivity index (χ0n) is 13.8. The van der Waals surface area contributed by atoms with Crippen molar-refractivity contribution in [1.29, 1.82) is 0 Å². The van der Waals surface area contributed by atoms with Gasteiger partial charge in [-0.05, 0) is 44.8 Å². The molecule has 0 aliphatic rings. The van der Waals surface area contributed by atoms with Gasteiger partial charge in [-0.1, -0.05) is 0 Å². The molecule has 0 radical (unpaired) electrons. The van der Waals surface area contributed by atoms with Crippen molar-refractivity contribution in [2.75, 3.05) is 47.4 Å². The molecule has 2 N–H and O–H groups in total. The first-order valence-corrected chi connectivity index (χ1v) is 8.86. The number of benzene rings is 1. The smallest absolute Gasteiger partial charge is 0.251 e. The standard InChI is InChI=1S/C15H25N3O4S/c1-18(2)11-10-17-23(20,21)14-7-5-13(6-8-14)15(19)16-9-4-12-22-3/h5-8,17H,4,9-12H2,1-3H3,(H,16,19). The molecule has 0 spiro atoms. The van der Waals surface area contributed by atoms with Gasteiger partial charge in [-0.3, -0.25) is 4.79 Å². The summed E-state index contributed by atoms with van der Waals surface area (Å²) in [4.78, 5) is 13.9. The third-order valence-corrected chi connectivity index (χ3v) is 4.57. The number of methoxy groups -OCH3 is 1. The minimum absolute atomic E-state index is 0.146. The first-order chi connectivity index (χ1) is 10.9. The summed E-state index contributed by atoms with van der Waals surface area (Å²) in [7, 11) is 1.80. The number of nitrogens with zero attached hydrogens (tertiary/aromatic N) is 1. The van der Waals surface area contributed by atoms with Gasteiger partial charge >= 0.3 is 0 Å².